The summed E-state index contributed by atoms with van der Waals surface area (Å²) in [6.45, 7) is 4.15. The van der Waals surface area contributed by atoms with E-state index in [1.165, 1.54) is 12.1 Å². The summed E-state index contributed by atoms with van der Waals surface area (Å²) in [7, 11) is 0. The number of carbonyl (C=O) groups is 4. The normalized spacial score (nSPS) is 14.4. The Hall–Kier alpha value is -2.83. The highest BCUT2D eigenvalue weighted by Gasteiger charge is 2.30. The quantitative estimate of drug-likeness (QED) is 0.108. The van der Waals surface area contributed by atoms with Crippen LogP contribution >= 0.6 is 12.6 Å². The first kappa shape index (κ1) is 31.2. The van der Waals surface area contributed by atoms with Gasteiger partial charge in [0.25, 0.3) is 0 Å². The van der Waals surface area contributed by atoms with E-state index in [1.54, 1.807) is 12.1 Å². The van der Waals surface area contributed by atoms with Gasteiger partial charge in [0.05, 0.1) is 6.04 Å². The Bertz CT molecular complexity index is 867. The van der Waals surface area contributed by atoms with Crippen molar-refractivity contribution in [1.29, 1.82) is 0 Å². The highest BCUT2D eigenvalue weighted by atomic mass is 32.1. The van der Waals surface area contributed by atoms with Crippen LogP contribution in [0.2, 0.25) is 0 Å². The lowest BCUT2D eigenvalue weighted by Gasteiger charge is -2.25. The van der Waals surface area contributed by atoms with E-state index in [9.17, 15) is 29.4 Å². The summed E-state index contributed by atoms with van der Waals surface area (Å²) in [5.74, 6) is -2.93. The Morgan fingerprint density at radius 1 is 0.917 bits per heavy atom. The molecular weight excluding hydrogens is 486 g/mol. The third kappa shape index (κ3) is 11.3. The second-order valence-corrected chi connectivity index (χ2v) is 9.46. The minimum atomic E-state index is -1.17. The summed E-state index contributed by atoms with van der Waals surface area (Å²) >= 11 is 4.15. The fraction of sp³-hybridized carbons (Fsp3) is 0.583. The number of carboxylic acid groups (broad SMARTS) is 1. The first-order chi connectivity index (χ1) is 17.0. The lowest BCUT2D eigenvalue weighted by Crippen LogP contribution is -2.58. The molecule has 1 aromatic carbocycles. The molecule has 0 aliphatic heterocycles. The van der Waals surface area contributed by atoms with Crippen LogP contribution in [-0.2, 0) is 25.6 Å². The average molecular weight is 526 g/mol. The summed E-state index contributed by atoms with van der Waals surface area (Å²) in [6.07, 6.45) is 1.83. The molecule has 0 fully saturated rings. The van der Waals surface area contributed by atoms with Gasteiger partial charge < -0.3 is 37.6 Å². The molecule has 0 saturated heterocycles. The van der Waals surface area contributed by atoms with Crippen molar-refractivity contribution in [3.05, 3.63) is 29.8 Å². The van der Waals surface area contributed by atoms with E-state index < -0.39 is 47.9 Å². The SMILES string of the molecule is CC(C)CC(NC(=O)C(CS)NC(=O)C(N)Cc1ccc(O)cc1)C(=O)NC(CCCCN)C(=O)O. The number of aromatic hydroxyl groups is 1. The molecule has 0 aromatic heterocycles. The van der Waals surface area contributed by atoms with Crippen molar-refractivity contribution in [2.45, 2.75) is 70.1 Å². The summed E-state index contributed by atoms with van der Waals surface area (Å²) in [4.78, 5) is 49.9. The Kier molecular flexibility index (Phi) is 13.9. The maximum atomic E-state index is 12.9. The van der Waals surface area contributed by atoms with Crippen LogP contribution < -0.4 is 27.4 Å². The summed E-state index contributed by atoms with van der Waals surface area (Å²) in [5.41, 5.74) is 12.2. The lowest BCUT2D eigenvalue weighted by atomic mass is 10.0. The van der Waals surface area contributed by atoms with Gasteiger partial charge in [-0.15, -0.1) is 0 Å². The molecule has 0 saturated carbocycles. The fourth-order valence-corrected chi connectivity index (χ4v) is 3.71. The molecule has 11 nitrogen and oxygen atoms in total. The smallest absolute Gasteiger partial charge is 0.326 e. The zero-order valence-corrected chi connectivity index (χ0v) is 21.7. The van der Waals surface area contributed by atoms with Crippen molar-refractivity contribution in [2.24, 2.45) is 17.4 Å². The zero-order chi connectivity index (χ0) is 27.3. The van der Waals surface area contributed by atoms with E-state index >= 15 is 0 Å². The number of unbranched alkanes of at least 4 members (excludes halogenated alkanes) is 1. The number of phenols is 1. The van der Waals surface area contributed by atoms with Gasteiger partial charge in [-0.3, -0.25) is 14.4 Å². The predicted octanol–water partition coefficient (Wildman–Crippen LogP) is -0.0941. The van der Waals surface area contributed by atoms with E-state index in [0.29, 0.717) is 19.4 Å². The Labute approximate surface area is 217 Å². The first-order valence-electron chi connectivity index (χ1n) is 12.0. The number of nitrogens with two attached hydrogens (primary N) is 2. The Morgan fingerprint density at radius 2 is 1.47 bits per heavy atom. The summed E-state index contributed by atoms with van der Waals surface area (Å²) in [5, 5.41) is 26.5. The number of aliphatic carboxylic acids is 1. The number of thiol groups is 1. The maximum Gasteiger partial charge on any atom is 0.326 e. The molecule has 0 aliphatic rings. The molecule has 0 spiro atoms. The van der Waals surface area contributed by atoms with Crippen molar-refractivity contribution in [3.8, 4) is 5.75 Å². The van der Waals surface area contributed by atoms with Gasteiger partial charge in [-0.1, -0.05) is 26.0 Å². The number of hydrogen-bond acceptors (Lipinski definition) is 8. The Morgan fingerprint density at radius 3 is 2.00 bits per heavy atom. The molecule has 1 rings (SSSR count). The topological polar surface area (TPSA) is 197 Å². The highest BCUT2D eigenvalue weighted by Crippen LogP contribution is 2.11. The van der Waals surface area contributed by atoms with Gasteiger partial charge in [0, 0.05) is 5.75 Å². The predicted molar refractivity (Wildman–Crippen MR) is 139 cm³/mol. The molecule has 1 aromatic rings. The molecule has 12 heteroatoms. The van der Waals surface area contributed by atoms with Gasteiger partial charge in [0.2, 0.25) is 17.7 Å². The molecule has 9 N–H and O–H groups in total. The molecule has 202 valence electrons. The molecule has 4 unspecified atom stereocenters. The van der Waals surface area contributed by atoms with Gasteiger partial charge in [0.15, 0.2) is 0 Å². The van der Waals surface area contributed by atoms with Crippen molar-refractivity contribution < 1.29 is 29.4 Å². The van der Waals surface area contributed by atoms with Crippen LogP contribution in [0.25, 0.3) is 0 Å². The highest BCUT2D eigenvalue weighted by molar-refractivity contribution is 7.80. The second-order valence-electron chi connectivity index (χ2n) is 9.10. The summed E-state index contributed by atoms with van der Waals surface area (Å²) < 4.78 is 0. The van der Waals surface area contributed by atoms with Gasteiger partial charge in [-0.2, -0.15) is 12.6 Å². The Balaban J connectivity index is 2.81. The van der Waals surface area contributed by atoms with Gasteiger partial charge in [-0.05, 0) is 62.3 Å². The van der Waals surface area contributed by atoms with Gasteiger partial charge >= 0.3 is 5.97 Å². The van der Waals surface area contributed by atoms with Crippen molar-refractivity contribution in [2.75, 3.05) is 12.3 Å². The number of hydrogen-bond donors (Lipinski definition) is 8. The third-order valence-corrected chi connectivity index (χ3v) is 5.81. The average Bonchev–Trinajstić information content (AvgIpc) is 2.82. The van der Waals surface area contributed by atoms with E-state index in [-0.39, 0.29) is 36.7 Å². The molecule has 36 heavy (non-hydrogen) atoms. The first-order valence-corrected chi connectivity index (χ1v) is 12.6. The van der Waals surface area contributed by atoms with Crippen LogP contribution in [0.5, 0.6) is 5.75 Å². The van der Waals surface area contributed by atoms with E-state index in [0.717, 1.165) is 5.56 Å². The monoisotopic (exact) mass is 525 g/mol. The van der Waals surface area contributed by atoms with Crippen LogP contribution in [0.4, 0.5) is 0 Å². The third-order valence-electron chi connectivity index (χ3n) is 5.45. The van der Waals surface area contributed by atoms with Crippen molar-refractivity contribution in [3.63, 3.8) is 0 Å². The number of benzene rings is 1. The second kappa shape index (κ2) is 16.0. The number of carbonyl (C=O) groups excluding carboxylic acids is 3. The molecular formula is C24H39N5O6S. The number of amides is 3. The van der Waals surface area contributed by atoms with Crippen LogP contribution in [0, 0.1) is 5.92 Å². The number of rotatable bonds is 16. The number of phenolic OH excluding ortho intramolecular Hbond substituents is 1. The largest absolute Gasteiger partial charge is 0.508 e. The minimum absolute atomic E-state index is 0.0179. The standard InChI is InChI=1S/C24H39N5O6S/c1-14(2)11-19(22(32)27-18(24(34)35)5-3-4-10-25)28-23(33)20(13-36)29-21(31)17(26)12-15-6-8-16(30)9-7-15/h6-9,14,17-20,30,36H,3-5,10-13,25-26H2,1-2H3,(H,27,32)(H,28,33)(H,29,31)(H,34,35). The van der Waals surface area contributed by atoms with E-state index in [1.807, 2.05) is 13.8 Å². The number of carboxylic acids is 1. The molecule has 0 radical (unpaired) electrons. The van der Waals surface area contributed by atoms with Crippen LogP contribution in [0.1, 0.15) is 45.1 Å². The zero-order valence-electron chi connectivity index (χ0n) is 20.8. The van der Waals surface area contributed by atoms with E-state index in [2.05, 4.69) is 28.6 Å². The van der Waals surface area contributed by atoms with Crippen molar-refractivity contribution >= 4 is 36.3 Å². The minimum Gasteiger partial charge on any atom is -0.508 e. The fourth-order valence-electron chi connectivity index (χ4n) is 3.45. The molecule has 0 aliphatic carbocycles. The molecule has 3 amide bonds. The molecule has 4 atom stereocenters. The molecule has 0 bridgehead atoms. The van der Waals surface area contributed by atoms with Crippen LogP contribution in [0.3, 0.4) is 0 Å². The van der Waals surface area contributed by atoms with Gasteiger partial charge in [0.1, 0.15) is 23.9 Å². The lowest BCUT2D eigenvalue weighted by molar-refractivity contribution is -0.142. The molecule has 0 heterocycles. The van der Waals surface area contributed by atoms with Crippen molar-refractivity contribution in [1.82, 2.24) is 16.0 Å². The van der Waals surface area contributed by atoms with E-state index in [4.69, 9.17) is 11.5 Å². The van der Waals surface area contributed by atoms with Crippen LogP contribution in [-0.4, -0.2) is 70.4 Å². The maximum absolute atomic E-state index is 12.9. The summed E-state index contributed by atoms with van der Waals surface area (Å²) in [6, 6.07) is 2.13. The number of nitrogens with one attached hydrogen (secondary N) is 3. The van der Waals surface area contributed by atoms with Gasteiger partial charge in [-0.25, -0.2) is 4.79 Å². The van der Waals surface area contributed by atoms with Crippen LogP contribution in [0.15, 0.2) is 24.3 Å².